The second-order valence-corrected chi connectivity index (χ2v) is 3.09. The van der Waals surface area contributed by atoms with E-state index in [1.54, 1.807) is 0 Å². The normalized spacial score (nSPS) is 14.6. The molecule has 0 amide bonds. The van der Waals surface area contributed by atoms with Crippen molar-refractivity contribution in [3.05, 3.63) is 47.0 Å². The molecule has 0 aliphatic heterocycles. The van der Waals surface area contributed by atoms with Gasteiger partial charge in [0.25, 0.3) is 0 Å². The summed E-state index contributed by atoms with van der Waals surface area (Å²) in [6.45, 7) is 2.19. The Morgan fingerprint density at radius 2 is 1.91 bits per heavy atom. The maximum atomic E-state index is 2.26. The summed E-state index contributed by atoms with van der Waals surface area (Å²) in [7, 11) is 0. The van der Waals surface area contributed by atoms with Crippen LogP contribution in [0.3, 0.4) is 0 Å². The summed E-state index contributed by atoms with van der Waals surface area (Å²) >= 11 is 0. The quantitative estimate of drug-likeness (QED) is 0.491. The van der Waals surface area contributed by atoms with Crippen molar-refractivity contribution in [1.82, 2.24) is 0 Å². The topological polar surface area (TPSA) is 0 Å². The van der Waals surface area contributed by atoms with Crippen molar-refractivity contribution < 1.29 is 0 Å². The minimum atomic E-state index is 1.12. The van der Waals surface area contributed by atoms with E-state index in [1.165, 1.54) is 16.7 Å². The summed E-state index contributed by atoms with van der Waals surface area (Å²) in [4.78, 5) is 0. The van der Waals surface area contributed by atoms with Crippen molar-refractivity contribution in [3.8, 4) is 0 Å². The predicted octanol–water partition coefficient (Wildman–Crippen LogP) is 2.65. The molecule has 0 N–H and O–H groups in total. The van der Waals surface area contributed by atoms with Crippen molar-refractivity contribution in [2.75, 3.05) is 0 Å². The molecule has 11 heavy (non-hydrogen) atoms. The highest BCUT2D eigenvalue weighted by Gasteiger charge is 2.05. The zero-order valence-corrected chi connectivity index (χ0v) is 6.80. The van der Waals surface area contributed by atoms with Gasteiger partial charge in [-0.25, -0.2) is 0 Å². The van der Waals surface area contributed by atoms with Crippen LogP contribution in [0.25, 0.3) is 0 Å². The number of hydrogen-bond acceptors (Lipinski definition) is 0. The minimum Gasteiger partial charge on any atom is -0.0838 e. The highest BCUT2D eigenvalue weighted by atomic mass is 14.1. The second kappa shape index (κ2) is 2.54. The van der Waals surface area contributed by atoms with Crippen LogP contribution in [0.5, 0.6) is 0 Å². The summed E-state index contributed by atoms with van der Waals surface area (Å²) in [5, 5.41) is 0. The molecule has 0 heteroatoms. The third-order valence-corrected chi connectivity index (χ3v) is 2.33. The molecule has 0 atom stereocenters. The Bertz CT molecular complexity index is 295. The summed E-state index contributed by atoms with van der Waals surface area (Å²) in [6.07, 6.45) is 6.76. The van der Waals surface area contributed by atoms with Crippen molar-refractivity contribution in [2.24, 2.45) is 0 Å². The molecule has 0 saturated heterocycles. The van der Waals surface area contributed by atoms with Gasteiger partial charge in [-0.3, -0.25) is 0 Å². The molecule has 1 aliphatic carbocycles. The second-order valence-electron chi connectivity index (χ2n) is 3.09. The van der Waals surface area contributed by atoms with Gasteiger partial charge in [-0.05, 0) is 36.5 Å². The molecule has 0 radical (unpaired) electrons. The highest BCUT2D eigenvalue weighted by molar-refractivity contribution is 5.39. The molecule has 0 nitrogen and oxygen atoms in total. The van der Waals surface area contributed by atoms with E-state index in [2.05, 4.69) is 37.3 Å². The predicted molar refractivity (Wildman–Crippen MR) is 47.7 cm³/mol. The zero-order valence-electron chi connectivity index (χ0n) is 6.80. The summed E-state index contributed by atoms with van der Waals surface area (Å²) in [6, 6.07) is 6.57. The van der Waals surface area contributed by atoms with Crippen LogP contribution in [0.1, 0.15) is 16.7 Å². The third kappa shape index (κ3) is 1.09. The fourth-order valence-electron chi connectivity index (χ4n) is 1.66. The fourth-order valence-corrected chi connectivity index (χ4v) is 1.66. The lowest BCUT2D eigenvalue weighted by Crippen LogP contribution is -1.98. The van der Waals surface area contributed by atoms with Crippen LogP contribution in [0, 0.1) is 6.92 Å². The van der Waals surface area contributed by atoms with Crippen molar-refractivity contribution in [3.63, 3.8) is 0 Å². The Labute approximate surface area is 67.6 Å². The molecule has 0 heterocycles. The minimum absolute atomic E-state index is 1.12. The Morgan fingerprint density at radius 3 is 2.73 bits per heavy atom. The van der Waals surface area contributed by atoms with Gasteiger partial charge in [-0.2, -0.15) is 0 Å². The molecule has 1 aromatic carbocycles. The van der Waals surface area contributed by atoms with Crippen molar-refractivity contribution in [1.29, 1.82) is 0 Å². The van der Waals surface area contributed by atoms with Crippen molar-refractivity contribution in [2.45, 2.75) is 19.8 Å². The number of fused-ring (bicyclic) bond motifs is 1. The van der Waals surface area contributed by atoms with Crippen LogP contribution in [0.2, 0.25) is 0 Å². The van der Waals surface area contributed by atoms with Crippen LogP contribution >= 0.6 is 0 Å². The standard InChI is InChI=1S/C11H12/c1-9-5-4-7-10-6-2-3-8-11(9)10/h2-5,7H,6,8H2,1H3. The summed E-state index contributed by atoms with van der Waals surface area (Å²) in [5.41, 5.74) is 4.48. The van der Waals surface area contributed by atoms with Crippen LogP contribution in [0.4, 0.5) is 0 Å². The largest absolute Gasteiger partial charge is 0.0838 e. The van der Waals surface area contributed by atoms with E-state index in [4.69, 9.17) is 0 Å². The van der Waals surface area contributed by atoms with Crippen LogP contribution in [-0.2, 0) is 12.8 Å². The SMILES string of the molecule is Cc1cccc2c1CC=CC2. The first-order valence-electron chi connectivity index (χ1n) is 4.10. The first-order chi connectivity index (χ1) is 5.38. The number of hydrogen-bond donors (Lipinski definition) is 0. The molecule has 0 spiro atoms. The van der Waals surface area contributed by atoms with Crippen LogP contribution in [-0.4, -0.2) is 0 Å². The maximum absolute atomic E-state index is 2.26. The average molecular weight is 144 g/mol. The molecule has 2 rings (SSSR count). The van der Waals surface area contributed by atoms with E-state index < -0.39 is 0 Å². The maximum Gasteiger partial charge on any atom is -0.00919 e. The third-order valence-electron chi connectivity index (χ3n) is 2.33. The summed E-state index contributed by atoms with van der Waals surface area (Å²) in [5.74, 6) is 0. The number of aryl methyl sites for hydroxylation is 1. The lowest BCUT2D eigenvalue weighted by molar-refractivity contribution is 1.07. The van der Waals surface area contributed by atoms with Gasteiger partial charge < -0.3 is 0 Å². The lowest BCUT2D eigenvalue weighted by Gasteiger charge is -2.12. The fraction of sp³-hybridized carbons (Fsp3) is 0.273. The van der Waals surface area contributed by atoms with Gasteiger partial charge in [0.2, 0.25) is 0 Å². The van der Waals surface area contributed by atoms with Gasteiger partial charge in [-0.1, -0.05) is 30.4 Å². The molecular weight excluding hydrogens is 132 g/mol. The average Bonchev–Trinajstić information content (AvgIpc) is 2.06. The van der Waals surface area contributed by atoms with Gasteiger partial charge >= 0.3 is 0 Å². The van der Waals surface area contributed by atoms with Gasteiger partial charge in [0.1, 0.15) is 0 Å². The van der Waals surface area contributed by atoms with E-state index in [9.17, 15) is 0 Å². The van der Waals surface area contributed by atoms with Crippen LogP contribution in [0.15, 0.2) is 30.4 Å². The van der Waals surface area contributed by atoms with Crippen LogP contribution < -0.4 is 0 Å². The van der Waals surface area contributed by atoms with Gasteiger partial charge in [0.05, 0.1) is 0 Å². The molecule has 0 bridgehead atoms. The number of rotatable bonds is 0. The smallest absolute Gasteiger partial charge is 0.00919 e. The van der Waals surface area contributed by atoms with Gasteiger partial charge in [-0.15, -0.1) is 0 Å². The highest BCUT2D eigenvalue weighted by Crippen LogP contribution is 2.19. The van der Waals surface area contributed by atoms with E-state index in [0.717, 1.165) is 12.8 Å². The molecule has 1 aromatic rings. The molecule has 0 saturated carbocycles. The molecular formula is C11H12. The number of allylic oxidation sites excluding steroid dienone is 2. The van der Waals surface area contributed by atoms with Crippen molar-refractivity contribution >= 4 is 0 Å². The lowest BCUT2D eigenvalue weighted by atomic mass is 9.93. The molecule has 0 aromatic heterocycles. The van der Waals surface area contributed by atoms with E-state index >= 15 is 0 Å². The molecule has 0 fully saturated rings. The molecule has 0 unspecified atom stereocenters. The first kappa shape index (κ1) is 6.66. The van der Waals surface area contributed by atoms with Gasteiger partial charge in [0, 0.05) is 0 Å². The van der Waals surface area contributed by atoms with E-state index in [1.807, 2.05) is 0 Å². The zero-order chi connectivity index (χ0) is 7.68. The Hall–Kier alpha value is -1.04. The van der Waals surface area contributed by atoms with Gasteiger partial charge in [0.15, 0.2) is 0 Å². The molecule has 56 valence electrons. The molecule has 1 aliphatic rings. The Kier molecular flexibility index (Phi) is 1.54. The summed E-state index contributed by atoms with van der Waals surface area (Å²) < 4.78 is 0. The Morgan fingerprint density at radius 1 is 1.09 bits per heavy atom. The first-order valence-corrected chi connectivity index (χ1v) is 4.10. The van der Waals surface area contributed by atoms with E-state index in [-0.39, 0.29) is 0 Å². The Balaban J connectivity index is 2.54. The number of benzene rings is 1. The van der Waals surface area contributed by atoms with E-state index in [0.29, 0.717) is 0 Å². The monoisotopic (exact) mass is 144 g/mol.